The van der Waals surface area contributed by atoms with Crippen LogP contribution in [-0.4, -0.2) is 21.2 Å². The molecule has 0 aliphatic rings. The Kier molecular flexibility index (Phi) is 5.89. The van der Waals surface area contributed by atoms with Gasteiger partial charge in [0.05, 0.1) is 28.6 Å². The van der Waals surface area contributed by atoms with Crippen molar-refractivity contribution < 1.29 is 4.79 Å². The smallest absolute Gasteiger partial charge is 0.276 e. The van der Waals surface area contributed by atoms with Gasteiger partial charge in [-0.2, -0.15) is 5.26 Å². The van der Waals surface area contributed by atoms with Gasteiger partial charge in [0.2, 0.25) is 5.91 Å². The predicted molar refractivity (Wildman–Crippen MR) is 125 cm³/mol. The number of fused-ring (bicyclic) bond motifs is 1. The van der Waals surface area contributed by atoms with E-state index in [1.807, 2.05) is 49.6 Å². The first-order valence-electron chi connectivity index (χ1n) is 9.47. The largest absolute Gasteiger partial charge is 0.325 e. The summed E-state index contributed by atoms with van der Waals surface area (Å²) in [5, 5.41) is 14.1. The number of thiophene rings is 1. The summed E-state index contributed by atoms with van der Waals surface area (Å²) in [7, 11) is 0. The standard InChI is InChI=1S/C23H18N4O2S2/c1-14-6-7-18(10-15(14)2)27-22(29)21-19(8-9-30-21)26-23(27)31-13-20(28)25-17-5-3-4-16(11-17)12-24/h3-11H,13H2,1-2H3,(H,25,28). The fourth-order valence-electron chi connectivity index (χ4n) is 3.07. The van der Waals surface area contributed by atoms with Gasteiger partial charge in [-0.05, 0) is 66.8 Å². The zero-order valence-electron chi connectivity index (χ0n) is 16.9. The van der Waals surface area contributed by atoms with Crippen LogP contribution < -0.4 is 10.9 Å². The minimum absolute atomic E-state index is 0.0731. The van der Waals surface area contributed by atoms with Crippen LogP contribution in [0, 0.1) is 25.2 Å². The Morgan fingerprint density at radius 3 is 2.81 bits per heavy atom. The van der Waals surface area contributed by atoms with Gasteiger partial charge in [0, 0.05) is 5.69 Å². The number of benzene rings is 2. The second kappa shape index (κ2) is 8.76. The summed E-state index contributed by atoms with van der Waals surface area (Å²) in [5.74, 6) is -0.171. The zero-order valence-corrected chi connectivity index (χ0v) is 18.5. The van der Waals surface area contributed by atoms with Crippen LogP contribution in [0.5, 0.6) is 0 Å². The van der Waals surface area contributed by atoms with Crippen LogP contribution >= 0.6 is 23.1 Å². The molecule has 0 spiro atoms. The lowest BCUT2D eigenvalue weighted by Gasteiger charge is -2.13. The molecule has 0 bridgehead atoms. The van der Waals surface area contributed by atoms with E-state index in [4.69, 9.17) is 5.26 Å². The number of hydrogen-bond acceptors (Lipinski definition) is 6. The van der Waals surface area contributed by atoms with Crippen LogP contribution in [0.15, 0.2) is 63.9 Å². The van der Waals surface area contributed by atoms with Crippen LogP contribution in [0.25, 0.3) is 15.9 Å². The van der Waals surface area contributed by atoms with Crippen molar-refractivity contribution in [3.63, 3.8) is 0 Å². The van der Waals surface area contributed by atoms with Gasteiger partial charge < -0.3 is 5.32 Å². The Morgan fingerprint density at radius 2 is 2.03 bits per heavy atom. The first-order chi connectivity index (χ1) is 15.0. The second-order valence-corrected chi connectivity index (χ2v) is 8.83. The lowest BCUT2D eigenvalue weighted by atomic mass is 10.1. The van der Waals surface area contributed by atoms with Gasteiger partial charge in [-0.3, -0.25) is 14.2 Å². The number of amides is 1. The molecule has 4 aromatic rings. The summed E-state index contributed by atoms with van der Waals surface area (Å²) in [4.78, 5) is 30.3. The Hall–Kier alpha value is -3.41. The van der Waals surface area contributed by atoms with E-state index in [0.29, 0.717) is 26.6 Å². The van der Waals surface area contributed by atoms with Gasteiger partial charge in [0.15, 0.2) is 5.16 Å². The number of hydrogen-bond donors (Lipinski definition) is 1. The van der Waals surface area contributed by atoms with Crippen molar-refractivity contribution in [2.45, 2.75) is 19.0 Å². The number of carbonyl (C=O) groups excluding carboxylic acids is 1. The topological polar surface area (TPSA) is 87.8 Å². The maximum atomic E-state index is 13.2. The molecule has 0 saturated carbocycles. The number of aromatic nitrogens is 2. The third-order valence-corrected chi connectivity index (χ3v) is 6.64. The lowest BCUT2D eigenvalue weighted by molar-refractivity contribution is -0.113. The van der Waals surface area contributed by atoms with Crippen LogP contribution in [0.1, 0.15) is 16.7 Å². The van der Waals surface area contributed by atoms with E-state index >= 15 is 0 Å². The molecule has 2 aromatic heterocycles. The number of carbonyl (C=O) groups is 1. The van der Waals surface area contributed by atoms with Crippen LogP contribution in [0.4, 0.5) is 5.69 Å². The zero-order chi connectivity index (χ0) is 22.0. The van der Waals surface area contributed by atoms with Crippen LogP contribution in [-0.2, 0) is 4.79 Å². The minimum atomic E-state index is -0.244. The molecule has 1 N–H and O–H groups in total. The number of thioether (sulfide) groups is 1. The first-order valence-corrected chi connectivity index (χ1v) is 11.3. The SMILES string of the molecule is Cc1ccc(-n2c(SCC(=O)Nc3cccc(C#N)c3)nc3ccsc3c2=O)cc1C. The Bertz CT molecular complexity index is 1400. The van der Waals surface area contributed by atoms with Crippen molar-refractivity contribution in [1.29, 1.82) is 5.26 Å². The molecule has 0 saturated heterocycles. The van der Waals surface area contributed by atoms with Gasteiger partial charge in [-0.1, -0.05) is 23.9 Å². The van der Waals surface area contributed by atoms with Gasteiger partial charge >= 0.3 is 0 Å². The van der Waals surface area contributed by atoms with E-state index in [1.54, 1.807) is 28.8 Å². The molecule has 0 atom stereocenters. The van der Waals surface area contributed by atoms with Gasteiger partial charge in [0.25, 0.3) is 5.56 Å². The molecule has 4 rings (SSSR count). The molecule has 6 nitrogen and oxygen atoms in total. The molecule has 31 heavy (non-hydrogen) atoms. The highest BCUT2D eigenvalue weighted by Gasteiger charge is 2.16. The van der Waals surface area contributed by atoms with E-state index in [-0.39, 0.29) is 17.2 Å². The highest BCUT2D eigenvalue weighted by atomic mass is 32.2. The fourth-order valence-corrected chi connectivity index (χ4v) is 4.65. The highest BCUT2D eigenvalue weighted by molar-refractivity contribution is 7.99. The molecule has 154 valence electrons. The van der Waals surface area contributed by atoms with Gasteiger partial charge in [-0.15, -0.1) is 11.3 Å². The lowest BCUT2D eigenvalue weighted by Crippen LogP contribution is -2.22. The number of rotatable bonds is 5. The molecular weight excluding hydrogens is 428 g/mol. The van der Waals surface area contributed by atoms with Crippen molar-refractivity contribution in [2.75, 3.05) is 11.1 Å². The number of nitriles is 1. The molecular formula is C23H18N4O2S2. The molecule has 0 radical (unpaired) electrons. The summed E-state index contributed by atoms with van der Waals surface area (Å²) < 4.78 is 2.15. The molecule has 1 amide bonds. The second-order valence-electron chi connectivity index (χ2n) is 6.97. The molecule has 2 aromatic carbocycles. The average Bonchev–Trinajstić information content (AvgIpc) is 3.24. The Labute approximate surface area is 187 Å². The normalized spacial score (nSPS) is 10.7. The summed E-state index contributed by atoms with van der Waals surface area (Å²) in [5.41, 5.74) is 4.43. The number of aryl methyl sites for hydroxylation is 2. The quantitative estimate of drug-likeness (QED) is 0.356. The maximum Gasteiger partial charge on any atom is 0.276 e. The van der Waals surface area contributed by atoms with Gasteiger partial charge in [-0.25, -0.2) is 4.98 Å². The van der Waals surface area contributed by atoms with Crippen LogP contribution in [0.3, 0.4) is 0 Å². The summed E-state index contributed by atoms with van der Waals surface area (Å²) in [6.07, 6.45) is 0. The number of anilines is 1. The minimum Gasteiger partial charge on any atom is -0.325 e. The fraction of sp³-hybridized carbons (Fsp3) is 0.130. The van der Waals surface area contributed by atoms with Crippen molar-refractivity contribution in [3.8, 4) is 11.8 Å². The third-order valence-electron chi connectivity index (χ3n) is 4.81. The monoisotopic (exact) mass is 446 g/mol. The molecule has 0 aliphatic heterocycles. The van der Waals surface area contributed by atoms with E-state index in [0.717, 1.165) is 16.8 Å². The van der Waals surface area contributed by atoms with E-state index < -0.39 is 0 Å². The van der Waals surface area contributed by atoms with Crippen molar-refractivity contribution in [1.82, 2.24) is 9.55 Å². The van der Waals surface area contributed by atoms with E-state index in [2.05, 4.69) is 10.3 Å². The molecule has 2 heterocycles. The third kappa shape index (κ3) is 4.38. The van der Waals surface area contributed by atoms with Crippen molar-refractivity contribution in [2.24, 2.45) is 0 Å². The number of nitrogens with zero attached hydrogens (tertiary/aromatic N) is 3. The summed E-state index contributed by atoms with van der Waals surface area (Å²) in [6, 6.07) is 16.4. The van der Waals surface area contributed by atoms with Crippen molar-refractivity contribution >= 4 is 44.9 Å². The predicted octanol–water partition coefficient (Wildman–Crippen LogP) is 4.67. The van der Waals surface area contributed by atoms with E-state index in [1.165, 1.54) is 23.1 Å². The Balaban J connectivity index is 1.65. The molecule has 0 unspecified atom stereocenters. The number of nitrogens with one attached hydrogen (secondary N) is 1. The van der Waals surface area contributed by atoms with Crippen molar-refractivity contribution in [3.05, 3.63) is 81.0 Å². The highest BCUT2D eigenvalue weighted by Crippen LogP contribution is 2.25. The molecule has 8 heteroatoms. The first kappa shape index (κ1) is 20.8. The average molecular weight is 447 g/mol. The maximum absolute atomic E-state index is 13.2. The van der Waals surface area contributed by atoms with E-state index in [9.17, 15) is 9.59 Å². The van der Waals surface area contributed by atoms with Gasteiger partial charge in [0.1, 0.15) is 4.70 Å². The molecule has 0 fully saturated rings. The summed E-state index contributed by atoms with van der Waals surface area (Å²) in [6.45, 7) is 4.01. The van der Waals surface area contributed by atoms with Crippen LogP contribution in [0.2, 0.25) is 0 Å². The Morgan fingerprint density at radius 1 is 1.19 bits per heavy atom. The molecule has 0 aliphatic carbocycles. The summed E-state index contributed by atoms with van der Waals surface area (Å²) >= 11 is 2.56.